The van der Waals surface area contributed by atoms with Crippen molar-refractivity contribution >= 4 is 54.8 Å². The molecule has 0 aliphatic heterocycles. The molecule has 0 radical (unpaired) electrons. The third-order valence-electron chi connectivity index (χ3n) is 11.7. The van der Waals surface area contributed by atoms with Crippen molar-refractivity contribution in [1.29, 1.82) is 0 Å². The topological polar surface area (TPSA) is 35.9 Å². The predicted octanol–water partition coefficient (Wildman–Crippen LogP) is 14.7. The lowest BCUT2D eigenvalue weighted by molar-refractivity contribution is 0.668. The third-order valence-corrected chi connectivity index (χ3v) is 11.7. The van der Waals surface area contributed by atoms with Gasteiger partial charge in [0.15, 0.2) is 0 Å². The van der Waals surface area contributed by atoms with Gasteiger partial charge in [-0.15, -0.1) is 0 Å². The van der Waals surface area contributed by atoms with Crippen LogP contribution in [0.25, 0.3) is 111 Å². The van der Waals surface area contributed by atoms with Gasteiger partial charge in [0.2, 0.25) is 0 Å². The normalized spacial score (nSPS) is 11.7. The number of nitrogens with zero attached hydrogens (tertiary/aromatic N) is 3. The number of furan rings is 1. The van der Waals surface area contributed by atoms with E-state index in [0.717, 1.165) is 77.9 Å². The first kappa shape index (κ1) is 33.2. The molecular weight excluding hydrogens is 719 g/mol. The molecule has 0 unspecified atom stereocenters. The molecule has 276 valence electrons. The zero-order valence-electron chi connectivity index (χ0n) is 32.0. The fraction of sp³-hybridized carbons (Fsp3) is 0. The van der Waals surface area contributed by atoms with Gasteiger partial charge in [-0.2, -0.15) is 0 Å². The predicted molar refractivity (Wildman–Crippen MR) is 244 cm³/mol. The van der Waals surface area contributed by atoms with Gasteiger partial charge in [-0.25, -0.2) is 4.98 Å². The van der Waals surface area contributed by atoms with Crippen LogP contribution in [0, 0.1) is 0 Å². The van der Waals surface area contributed by atoms with Crippen LogP contribution in [-0.2, 0) is 0 Å². The maximum atomic E-state index is 6.73. The summed E-state index contributed by atoms with van der Waals surface area (Å²) in [5.41, 5.74) is 16.3. The van der Waals surface area contributed by atoms with E-state index in [0.29, 0.717) is 0 Å². The van der Waals surface area contributed by atoms with Crippen LogP contribution in [0.2, 0.25) is 0 Å². The lowest BCUT2D eigenvalue weighted by Gasteiger charge is -2.11. The standard InChI is InChI=1S/C55H35N3O/c1-4-13-36(14-5-1)40-27-30-45-46-31-28-41(37-15-6-2-7-16-37)34-51(46)57(50(45)33-40)43-29-32-47-53(35-43)59-52-22-12-19-44(54(47)52)38-23-25-39(26-24-38)55-56-48-20-10-11-21-49(48)58(55)42-17-8-3-9-18-42/h1-35H. The van der Waals surface area contributed by atoms with E-state index in [-0.39, 0.29) is 0 Å². The van der Waals surface area contributed by atoms with Crippen LogP contribution in [0.3, 0.4) is 0 Å². The molecule has 0 aliphatic carbocycles. The molecule has 12 aromatic rings. The monoisotopic (exact) mass is 753 g/mol. The molecule has 9 aromatic carbocycles. The highest BCUT2D eigenvalue weighted by Crippen LogP contribution is 2.41. The first-order valence-electron chi connectivity index (χ1n) is 20.0. The van der Waals surface area contributed by atoms with Gasteiger partial charge in [0.1, 0.15) is 17.0 Å². The number of benzene rings is 9. The molecule has 0 saturated carbocycles. The minimum Gasteiger partial charge on any atom is -0.456 e. The lowest BCUT2D eigenvalue weighted by Crippen LogP contribution is -1.97. The molecule has 0 atom stereocenters. The van der Waals surface area contributed by atoms with E-state index < -0.39 is 0 Å². The molecule has 4 nitrogen and oxygen atoms in total. The molecule has 0 saturated heterocycles. The van der Waals surface area contributed by atoms with Crippen molar-refractivity contribution in [1.82, 2.24) is 14.1 Å². The van der Waals surface area contributed by atoms with Crippen LogP contribution in [0.1, 0.15) is 0 Å². The molecular formula is C55H35N3O. The van der Waals surface area contributed by atoms with E-state index in [1.165, 1.54) is 33.0 Å². The van der Waals surface area contributed by atoms with E-state index in [1.807, 2.05) is 12.1 Å². The minimum atomic E-state index is 0.853. The van der Waals surface area contributed by atoms with E-state index in [1.54, 1.807) is 0 Å². The van der Waals surface area contributed by atoms with Crippen molar-refractivity contribution in [2.24, 2.45) is 0 Å². The summed E-state index contributed by atoms with van der Waals surface area (Å²) < 4.78 is 11.4. The summed E-state index contributed by atoms with van der Waals surface area (Å²) in [7, 11) is 0. The Bertz CT molecular complexity index is 3430. The molecule has 0 fully saturated rings. The summed E-state index contributed by atoms with van der Waals surface area (Å²) in [5.74, 6) is 0.917. The molecule has 0 amide bonds. The summed E-state index contributed by atoms with van der Waals surface area (Å²) in [6, 6.07) is 75.5. The molecule has 12 rings (SSSR count). The van der Waals surface area contributed by atoms with Crippen molar-refractivity contribution in [3.63, 3.8) is 0 Å². The summed E-state index contributed by atoms with van der Waals surface area (Å²) in [6.45, 7) is 0. The highest BCUT2D eigenvalue weighted by Gasteiger charge is 2.19. The Labute approximate surface area is 340 Å². The van der Waals surface area contributed by atoms with Gasteiger partial charge in [0.25, 0.3) is 0 Å². The number of imidazole rings is 1. The van der Waals surface area contributed by atoms with Gasteiger partial charge < -0.3 is 8.98 Å². The molecule has 0 aliphatic rings. The van der Waals surface area contributed by atoms with Crippen LogP contribution in [0.5, 0.6) is 0 Å². The first-order valence-corrected chi connectivity index (χ1v) is 20.0. The van der Waals surface area contributed by atoms with Crippen molar-refractivity contribution in [3.8, 4) is 56.1 Å². The van der Waals surface area contributed by atoms with Gasteiger partial charge >= 0.3 is 0 Å². The van der Waals surface area contributed by atoms with Crippen LogP contribution in [-0.4, -0.2) is 14.1 Å². The zero-order valence-corrected chi connectivity index (χ0v) is 32.0. The minimum absolute atomic E-state index is 0.853. The number of para-hydroxylation sites is 3. The van der Waals surface area contributed by atoms with Crippen LogP contribution >= 0.6 is 0 Å². The van der Waals surface area contributed by atoms with E-state index in [4.69, 9.17) is 9.40 Å². The van der Waals surface area contributed by atoms with E-state index >= 15 is 0 Å². The number of hydrogen-bond donors (Lipinski definition) is 0. The van der Waals surface area contributed by atoms with Crippen LogP contribution < -0.4 is 0 Å². The van der Waals surface area contributed by atoms with Gasteiger partial charge in [-0.1, -0.05) is 152 Å². The van der Waals surface area contributed by atoms with E-state index in [9.17, 15) is 0 Å². The molecule has 4 heteroatoms. The highest BCUT2D eigenvalue weighted by molar-refractivity contribution is 6.14. The number of hydrogen-bond acceptors (Lipinski definition) is 2. The average molecular weight is 754 g/mol. The number of aromatic nitrogens is 3. The summed E-state index contributed by atoms with van der Waals surface area (Å²) in [5, 5.41) is 4.63. The fourth-order valence-electron chi connectivity index (χ4n) is 8.97. The van der Waals surface area contributed by atoms with Crippen LogP contribution in [0.4, 0.5) is 0 Å². The fourth-order valence-corrected chi connectivity index (χ4v) is 8.97. The SMILES string of the molecule is c1ccc(-c2ccc3c4ccc(-c5ccccc5)cc4n(-c4ccc5c(c4)oc4cccc(-c6ccc(-c7nc8ccccc8n7-c7ccccc7)cc6)c45)c3c2)cc1. The van der Waals surface area contributed by atoms with Gasteiger partial charge in [-0.3, -0.25) is 4.57 Å². The van der Waals surface area contributed by atoms with Crippen molar-refractivity contribution in [3.05, 3.63) is 212 Å². The molecule has 0 bridgehead atoms. The van der Waals surface area contributed by atoms with Gasteiger partial charge in [-0.05, 0) is 88.0 Å². The molecule has 3 heterocycles. The Morgan fingerprint density at radius 2 is 0.915 bits per heavy atom. The quantitative estimate of drug-likeness (QED) is 0.169. The second kappa shape index (κ2) is 13.3. The first-order chi connectivity index (χ1) is 29.2. The summed E-state index contributed by atoms with van der Waals surface area (Å²) >= 11 is 0. The maximum absolute atomic E-state index is 6.73. The molecule has 0 N–H and O–H groups in total. The van der Waals surface area contributed by atoms with E-state index in [2.05, 4.69) is 209 Å². The summed E-state index contributed by atoms with van der Waals surface area (Å²) in [6.07, 6.45) is 0. The van der Waals surface area contributed by atoms with Crippen molar-refractivity contribution in [2.45, 2.75) is 0 Å². The smallest absolute Gasteiger partial charge is 0.145 e. The largest absolute Gasteiger partial charge is 0.456 e. The maximum Gasteiger partial charge on any atom is 0.145 e. The lowest BCUT2D eigenvalue weighted by atomic mass is 9.98. The Balaban J connectivity index is 0.997. The number of fused-ring (bicyclic) bond motifs is 7. The Hall–Kier alpha value is -7.95. The highest BCUT2D eigenvalue weighted by atomic mass is 16.3. The second-order valence-electron chi connectivity index (χ2n) is 15.2. The van der Waals surface area contributed by atoms with Crippen LogP contribution in [0.15, 0.2) is 217 Å². The Morgan fingerprint density at radius 1 is 0.339 bits per heavy atom. The second-order valence-corrected chi connectivity index (χ2v) is 15.2. The van der Waals surface area contributed by atoms with Gasteiger partial charge in [0, 0.05) is 44.5 Å². The molecule has 3 aromatic heterocycles. The van der Waals surface area contributed by atoms with Crippen molar-refractivity contribution in [2.75, 3.05) is 0 Å². The Morgan fingerprint density at radius 3 is 1.59 bits per heavy atom. The van der Waals surface area contributed by atoms with Crippen molar-refractivity contribution < 1.29 is 4.42 Å². The molecule has 59 heavy (non-hydrogen) atoms. The molecule has 0 spiro atoms. The van der Waals surface area contributed by atoms with Gasteiger partial charge in [0.05, 0.1) is 22.1 Å². The zero-order chi connectivity index (χ0) is 38.9. The summed E-state index contributed by atoms with van der Waals surface area (Å²) in [4.78, 5) is 5.10. The Kier molecular flexibility index (Phi) is 7.50. The number of rotatable bonds is 6. The third kappa shape index (κ3) is 5.42. The average Bonchev–Trinajstić information content (AvgIpc) is 3.99.